The van der Waals surface area contributed by atoms with E-state index in [1.165, 1.54) is 29.7 Å². The second kappa shape index (κ2) is 8.83. The SMILES string of the molecule is O=C(CC1SC(=O)N(CC(=O)Nc2ccccc2C(F)(F)F)C1=O)Nc1nccs1. The number of alkyl halides is 3. The van der Waals surface area contributed by atoms with E-state index in [9.17, 15) is 32.3 Å². The van der Waals surface area contributed by atoms with Crippen molar-refractivity contribution in [3.63, 3.8) is 0 Å². The summed E-state index contributed by atoms with van der Waals surface area (Å²) in [5.41, 5.74) is -1.54. The molecule has 1 saturated heterocycles. The molecule has 30 heavy (non-hydrogen) atoms. The van der Waals surface area contributed by atoms with Crippen LogP contribution >= 0.6 is 23.1 Å². The van der Waals surface area contributed by atoms with Gasteiger partial charge in [-0.15, -0.1) is 11.3 Å². The van der Waals surface area contributed by atoms with Crippen molar-refractivity contribution in [3.05, 3.63) is 41.4 Å². The van der Waals surface area contributed by atoms with Gasteiger partial charge in [0.05, 0.1) is 11.3 Å². The maximum absolute atomic E-state index is 13.0. The predicted molar refractivity (Wildman–Crippen MR) is 104 cm³/mol. The number of imide groups is 1. The number of hydrogen-bond donors (Lipinski definition) is 2. The second-order valence-electron chi connectivity index (χ2n) is 5.98. The first-order chi connectivity index (χ1) is 14.1. The molecule has 1 aromatic carbocycles. The molecule has 13 heteroatoms. The minimum Gasteiger partial charge on any atom is -0.324 e. The van der Waals surface area contributed by atoms with Gasteiger partial charge >= 0.3 is 6.18 Å². The molecule has 1 atom stereocenters. The van der Waals surface area contributed by atoms with Crippen molar-refractivity contribution in [2.45, 2.75) is 17.8 Å². The summed E-state index contributed by atoms with van der Waals surface area (Å²) in [5.74, 6) is -2.27. The largest absolute Gasteiger partial charge is 0.418 e. The Morgan fingerprint density at radius 3 is 2.53 bits per heavy atom. The van der Waals surface area contributed by atoms with Crippen LogP contribution < -0.4 is 10.6 Å². The number of aromatic nitrogens is 1. The zero-order chi connectivity index (χ0) is 21.9. The molecule has 1 aliphatic heterocycles. The number of benzene rings is 1. The van der Waals surface area contributed by atoms with E-state index in [2.05, 4.69) is 15.6 Å². The van der Waals surface area contributed by atoms with Crippen molar-refractivity contribution in [3.8, 4) is 0 Å². The Bertz CT molecular complexity index is 982. The topological polar surface area (TPSA) is 108 Å². The van der Waals surface area contributed by atoms with E-state index >= 15 is 0 Å². The van der Waals surface area contributed by atoms with Crippen LogP contribution in [0.4, 0.5) is 28.8 Å². The molecule has 0 radical (unpaired) electrons. The Hall–Kier alpha value is -2.93. The summed E-state index contributed by atoms with van der Waals surface area (Å²) in [6.07, 6.45) is -3.52. The van der Waals surface area contributed by atoms with Crippen molar-refractivity contribution in [2.24, 2.45) is 0 Å². The van der Waals surface area contributed by atoms with Gasteiger partial charge in [-0.2, -0.15) is 13.2 Å². The number of rotatable bonds is 6. The summed E-state index contributed by atoms with van der Waals surface area (Å²) in [5, 5.41) is 4.74. The van der Waals surface area contributed by atoms with Crippen molar-refractivity contribution in [1.29, 1.82) is 0 Å². The molecule has 0 bridgehead atoms. The Balaban J connectivity index is 1.60. The monoisotopic (exact) mass is 458 g/mol. The highest BCUT2D eigenvalue weighted by Gasteiger charge is 2.42. The molecule has 0 spiro atoms. The molecule has 158 valence electrons. The van der Waals surface area contributed by atoms with Gasteiger partial charge in [-0.1, -0.05) is 23.9 Å². The molecule has 2 heterocycles. The summed E-state index contributed by atoms with van der Waals surface area (Å²) < 4.78 is 39.1. The fraction of sp³-hybridized carbons (Fsp3) is 0.235. The number of carbonyl (C=O) groups excluding carboxylic acids is 4. The summed E-state index contributed by atoms with van der Waals surface area (Å²) in [6.45, 7) is -0.762. The number of thiazole rings is 1. The number of halogens is 3. The van der Waals surface area contributed by atoms with Crippen LogP contribution in [0.25, 0.3) is 0 Å². The Morgan fingerprint density at radius 1 is 1.13 bits per heavy atom. The lowest BCUT2D eigenvalue weighted by Gasteiger charge is -2.16. The van der Waals surface area contributed by atoms with E-state index in [0.717, 1.165) is 12.1 Å². The standard InChI is InChI=1S/C17H13F3N4O4S2/c18-17(19,20)9-3-1-2-4-10(9)22-13(26)8-24-14(27)11(30-16(24)28)7-12(25)23-15-21-5-6-29-15/h1-6,11H,7-8H2,(H,22,26)(H,21,23,25). The van der Waals surface area contributed by atoms with Crippen LogP contribution in [0.15, 0.2) is 35.8 Å². The van der Waals surface area contributed by atoms with Gasteiger partial charge in [-0.05, 0) is 12.1 Å². The molecule has 1 aliphatic rings. The lowest BCUT2D eigenvalue weighted by atomic mass is 10.1. The van der Waals surface area contributed by atoms with Gasteiger partial charge in [0.2, 0.25) is 17.7 Å². The van der Waals surface area contributed by atoms with Crippen LogP contribution in [0.3, 0.4) is 0 Å². The number of carbonyl (C=O) groups is 4. The van der Waals surface area contributed by atoms with E-state index in [1.54, 1.807) is 5.38 Å². The zero-order valence-electron chi connectivity index (χ0n) is 14.9. The molecule has 2 N–H and O–H groups in total. The van der Waals surface area contributed by atoms with Gasteiger partial charge in [0.1, 0.15) is 11.8 Å². The normalized spacial score (nSPS) is 16.6. The molecule has 0 saturated carbocycles. The van der Waals surface area contributed by atoms with Gasteiger partial charge in [0.25, 0.3) is 5.24 Å². The first-order valence-electron chi connectivity index (χ1n) is 8.32. The van der Waals surface area contributed by atoms with Gasteiger partial charge in [0, 0.05) is 18.0 Å². The number of hydrogen-bond acceptors (Lipinski definition) is 7. The zero-order valence-corrected chi connectivity index (χ0v) is 16.6. The van der Waals surface area contributed by atoms with E-state index in [0.29, 0.717) is 21.8 Å². The molecule has 4 amide bonds. The Morgan fingerprint density at radius 2 is 1.87 bits per heavy atom. The summed E-state index contributed by atoms with van der Waals surface area (Å²) in [4.78, 5) is 53.1. The van der Waals surface area contributed by atoms with Gasteiger partial charge < -0.3 is 10.6 Å². The third-order valence-electron chi connectivity index (χ3n) is 3.86. The molecule has 0 aliphatic carbocycles. The van der Waals surface area contributed by atoms with Crippen LogP contribution in [0.1, 0.15) is 12.0 Å². The fourth-order valence-electron chi connectivity index (χ4n) is 2.57. The van der Waals surface area contributed by atoms with Gasteiger partial charge in [0.15, 0.2) is 5.13 Å². The number of anilines is 2. The second-order valence-corrected chi connectivity index (χ2v) is 8.03. The van der Waals surface area contributed by atoms with Crippen molar-refractivity contribution in [1.82, 2.24) is 9.88 Å². The lowest BCUT2D eigenvalue weighted by Crippen LogP contribution is -2.39. The van der Waals surface area contributed by atoms with E-state index in [4.69, 9.17) is 0 Å². The molecular formula is C17H13F3N4O4S2. The van der Waals surface area contributed by atoms with Crippen LogP contribution in [-0.2, 0) is 20.6 Å². The molecule has 3 rings (SSSR count). The highest BCUT2D eigenvalue weighted by atomic mass is 32.2. The Labute approximate surface area is 175 Å². The minimum atomic E-state index is -4.69. The highest BCUT2D eigenvalue weighted by Crippen LogP contribution is 2.35. The molecule has 8 nitrogen and oxygen atoms in total. The van der Waals surface area contributed by atoms with Crippen molar-refractivity contribution < 1.29 is 32.3 Å². The Kier molecular flexibility index (Phi) is 6.41. The van der Waals surface area contributed by atoms with E-state index < -0.39 is 52.2 Å². The van der Waals surface area contributed by atoms with Crippen LogP contribution in [-0.4, -0.2) is 44.6 Å². The van der Waals surface area contributed by atoms with E-state index in [-0.39, 0.29) is 6.42 Å². The number of nitrogens with one attached hydrogen (secondary N) is 2. The third-order valence-corrected chi connectivity index (χ3v) is 5.63. The predicted octanol–water partition coefficient (Wildman–Crippen LogP) is 3.19. The lowest BCUT2D eigenvalue weighted by molar-refractivity contribution is -0.137. The molecule has 1 aromatic heterocycles. The number of nitrogens with zero attached hydrogens (tertiary/aromatic N) is 2. The van der Waals surface area contributed by atoms with Gasteiger partial charge in [-0.3, -0.25) is 24.1 Å². The number of para-hydroxylation sites is 1. The smallest absolute Gasteiger partial charge is 0.324 e. The molecule has 2 aromatic rings. The van der Waals surface area contributed by atoms with Gasteiger partial charge in [-0.25, -0.2) is 4.98 Å². The van der Waals surface area contributed by atoms with Crippen molar-refractivity contribution in [2.75, 3.05) is 17.2 Å². The number of amides is 4. The average Bonchev–Trinajstić information content (AvgIpc) is 3.25. The summed E-state index contributed by atoms with van der Waals surface area (Å²) >= 11 is 1.76. The minimum absolute atomic E-state index is 0.316. The first-order valence-corrected chi connectivity index (χ1v) is 10.1. The maximum atomic E-state index is 13.0. The van der Waals surface area contributed by atoms with Crippen LogP contribution in [0.2, 0.25) is 0 Å². The summed E-state index contributed by atoms with van der Waals surface area (Å²) in [7, 11) is 0. The number of thioether (sulfide) groups is 1. The molecule has 1 fully saturated rings. The highest BCUT2D eigenvalue weighted by molar-refractivity contribution is 8.15. The maximum Gasteiger partial charge on any atom is 0.418 e. The quantitative estimate of drug-likeness (QED) is 0.688. The third kappa shape index (κ3) is 5.16. The summed E-state index contributed by atoms with van der Waals surface area (Å²) in [6, 6.07) is 4.34. The average molecular weight is 458 g/mol. The fourth-order valence-corrected chi connectivity index (χ4v) is 4.10. The van der Waals surface area contributed by atoms with Crippen molar-refractivity contribution >= 4 is 56.9 Å². The first kappa shape index (κ1) is 21.8. The molecular weight excluding hydrogens is 445 g/mol. The molecule has 1 unspecified atom stereocenters. The van der Waals surface area contributed by atoms with Crippen LogP contribution in [0.5, 0.6) is 0 Å². The van der Waals surface area contributed by atoms with E-state index in [1.807, 2.05) is 0 Å². The van der Waals surface area contributed by atoms with Crippen LogP contribution in [0, 0.1) is 0 Å².